The highest BCUT2D eigenvalue weighted by molar-refractivity contribution is 6.30. The summed E-state index contributed by atoms with van der Waals surface area (Å²) >= 11 is 5.75. The lowest BCUT2D eigenvalue weighted by atomic mass is 10.2. The van der Waals surface area contributed by atoms with Gasteiger partial charge in [0.2, 0.25) is 0 Å². The second-order valence-electron chi connectivity index (χ2n) is 3.83. The van der Waals surface area contributed by atoms with E-state index >= 15 is 0 Å². The zero-order chi connectivity index (χ0) is 13.7. The molecular formula is C13H11ClFN3O. The summed E-state index contributed by atoms with van der Waals surface area (Å²) in [6.07, 6.45) is 2.43. The molecule has 0 saturated carbocycles. The van der Waals surface area contributed by atoms with Crippen molar-refractivity contribution < 1.29 is 9.18 Å². The maximum atomic E-state index is 12.9. The molecule has 19 heavy (non-hydrogen) atoms. The van der Waals surface area contributed by atoms with Gasteiger partial charge in [0.25, 0.3) is 0 Å². The van der Waals surface area contributed by atoms with Gasteiger partial charge in [-0.1, -0.05) is 23.7 Å². The fourth-order valence-corrected chi connectivity index (χ4v) is 1.57. The summed E-state index contributed by atoms with van der Waals surface area (Å²) < 4.78 is 12.9. The van der Waals surface area contributed by atoms with Crippen LogP contribution in [0.3, 0.4) is 0 Å². The number of rotatable bonds is 3. The second-order valence-corrected chi connectivity index (χ2v) is 4.26. The van der Waals surface area contributed by atoms with E-state index in [0.29, 0.717) is 17.3 Å². The molecule has 1 heterocycles. The van der Waals surface area contributed by atoms with Crippen molar-refractivity contribution in [2.24, 2.45) is 0 Å². The van der Waals surface area contributed by atoms with Crippen molar-refractivity contribution in [3.8, 4) is 0 Å². The summed E-state index contributed by atoms with van der Waals surface area (Å²) in [6, 6.07) is 7.87. The lowest BCUT2D eigenvalue weighted by Gasteiger charge is -2.07. The number of hydrogen-bond donors (Lipinski definition) is 2. The molecule has 0 unspecified atom stereocenters. The van der Waals surface area contributed by atoms with Crippen molar-refractivity contribution in [2.75, 3.05) is 5.32 Å². The number of anilines is 1. The highest BCUT2D eigenvalue weighted by Gasteiger charge is 2.03. The number of urea groups is 1. The Morgan fingerprint density at radius 3 is 2.68 bits per heavy atom. The molecule has 1 aromatic carbocycles. The van der Waals surface area contributed by atoms with E-state index in [4.69, 9.17) is 11.6 Å². The first-order valence-corrected chi connectivity index (χ1v) is 5.91. The van der Waals surface area contributed by atoms with Crippen LogP contribution in [0.5, 0.6) is 0 Å². The molecule has 0 spiro atoms. The number of aromatic nitrogens is 1. The SMILES string of the molecule is O=C(NCc1ccc(Cl)cc1)Nc1cncc(F)c1. The highest BCUT2D eigenvalue weighted by Crippen LogP contribution is 2.09. The molecule has 0 aliphatic heterocycles. The molecule has 0 radical (unpaired) electrons. The fraction of sp³-hybridized carbons (Fsp3) is 0.0769. The lowest BCUT2D eigenvalue weighted by molar-refractivity contribution is 0.251. The number of carbonyl (C=O) groups is 1. The van der Waals surface area contributed by atoms with Gasteiger partial charge in [-0.05, 0) is 17.7 Å². The van der Waals surface area contributed by atoms with Gasteiger partial charge < -0.3 is 10.6 Å². The average Bonchev–Trinajstić information content (AvgIpc) is 2.38. The van der Waals surface area contributed by atoms with Crippen LogP contribution in [0.15, 0.2) is 42.7 Å². The topological polar surface area (TPSA) is 54.0 Å². The van der Waals surface area contributed by atoms with Gasteiger partial charge >= 0.3 is 6.03 Å². The van der Waals surface area contributed by atoms with Crippen molar-refractivity contribution in [1.82, 2.24) is 10.3 Å². The minimum absolute atomic E-state index is 0.300. The molecule has 1 aromatic heterocycles. The zero-order valence-electron chi connectivity index (χ0n) is 9.86. The smallest absolute Gasteiger partial charge is 0.319 e. The summed E-state index contributed by atoms with van der Waals surface area (Å²) in [7, 11) is 0. The van der Waals surface area contributed by atoms with Crippen LogP contribution in [-0.2, 0) is 6.54 Å². The first-order chi connectivity index (χ1) is 9.13. The number of amides is 2. The summed E-state index contributed by atoms with van der Waals surface area (Å²) in [5.41, 5.74) is 1.21. The predicted molar refractivity (Wildman–Crippen MR) is 71.5 cm³/mol. The Bertz CT molecular complexity index is 574. The largest absolute Gasteiger partial charge is 0.334 e. The zero-order valence-corrected chi connectivity index (χ0v) is 10.6. The molecule has 2 amide bonds. The van der Waals surface area contributed by atoms with E-state index in [0.717, 1.165) is 11.8 Å². The number of hydrogen-bond acceptors (Lipinski definition) is 2. The molecule has 2 N–H and O–H groups in total. The van der Waals surface area contributed by atoms with E-state index in [1.807, 2.05) is 12.1 Å². The number of benzene rings is 1. The molecule has 2 rings (SSSR count). The number of halogens is 2. The monoisotopic (exact) mass is 279 g/mol. The van der Waals surface area contributed by atoms with Crippen LogP contribution in [0.1, 0.15) is 5.56 Å². The first-order valence-electron chi connectivity index (χ1n) is 5.53. The highest BCUT2D eigenvalue weighted by atomic mass is 35.5. The molecule has 4 nitrogen and oxygen atoms in total. The summed E-state index contributed by atoms with van der Waals surface area (Å²) in [5.74, 6) is -0.504. The van der Waals surface area contributed by atoms with E-state index in [9.17, 15) is 9.18 Å². The predicted octanol–water partition coefficient (Wildman–Crippen LogP) is 3.20. The van der Waals surface area contributed by atoms with E-state index in [-0.39, 0.29) is 0 Å². The molecule has 6 heteroatoms. The van der Waals surface area contributed by atoms with E-state index in [2.05, 4.69) is 15.6 Å². The molecule has 0 aliphatic rings. The lowest BCUT2D eigenvalue weighted by Crippen LogP contribution is -2.28. The Hall–Kier alpha value is -2.14. The summed E-state index contributed by atoms with van der Waals surface area (Å²) in [4.78, 5) is 15.2. The van der Waals surface area contributed by atoms with Crippen molar-refractivity contribution in [2.45, 2.75) is 6.54 Å². The van der Waals surface area contributed by atoms with E-state index in [1.54, 1.807) is 12.1 Å². The van der Waals surface area contributed by atoms with Gasteiger partial charge in [0.1, 0.15) is 5.82 Å². The molecule has 0 aliphatic carbocycles. The van der Waals surface area contributed by atoms with Gasteiger partial charge in [-0.25, -0.2) is 9.18 Å². The number of nitrogens with zero attached hydrogens (tertiary/aromatic N) is 1. The molecule has 0 saturated heterocycles. The third kappa shape index (κ3) is 4.22. The molecule has 0 bridgehead atoms. The van der Waals surface area contributed by atoms with Crippen molar-refractivity contribution >= 4 is 23.3 Å². The normalized spacial score (nSPS) is 10.0. The van der Waals surface area contributed by atoms with Gasteiger partial charge in [-0.2, -0.15) is 0 Å². The Balaban J connectivity index is 1.86. The number of pyridine rings is 1. The molecule has 0 fully saturated rings. The molecular weight excluding hydrogens is 269 g/mol. The van der Waals surface area contributed by atoms with Crippen LogP contribution in [0.2, 0.25) is 5.02 Å². The number of carbonyl (C=O) groups excluding carboxylic acids is 1. The van der Waals surface area contributed by atoms with Crippen molar-refractivity contribution in [1.29, 1.82) is 0 Å². The van der Waals surface area contributed by atoms with Crippen LogP contribution >= 0.6 is 11.6 Å². The average molecular weight is 280 g/mol. The Kier molecular flexibility index (Phi) is 4.30. The van der Waals surface area contributed by atoms with Crippen LogP contribution in [0, 0.1) is 5.82 Å². The van der Waals surface area contributed by atoms with Crippen molar-refractivity contribution in [3.05, 3.63) is 59.1 Å². The van der Waals surface area contributed by atoms with E-state index < -0.39 is 11.8 Å². The summed E-state index contributed by atoms with van der Waals surface area (Å²) in [5, 5.41) is 5.77. The van der Waals surface area contributed by atoms with Gasteiger partial charge in [-0.3, -0.25) is 4.98 Å². The standard InChI is InChI=1S/C13H11ClFN3O/c14-10-3-1-9(2-4-10)6-17-13(19)18-12-5-11(15)7-16-8-12/h1-5,7-8H,6H2,(H2,17,18,19). The van der Waals surface area contributed by atoms with Gasteiger partial charge in [-0.15, -0.1) is 0 Å². The maximum absolute atomic E-state index is 12.9. The van der Waals surface area contributed by atoms with Crippen LogP contribution < -0.4 is 10.6 Å². The van der Waals surface area contributed by atoms with Crippen LogP contribution in [-0.4, -0.2) is 11.0 Å². The first kappa shape index (κ1) is 13.3. The van der Waals surface area contributed by atoms with Gasteiger partial charge in [0, 0.05) is 17.6 Å². The fourth-order valence-electron chi connectivity index (χ4n) is 1.44. The van der Waals surface area contributed by atoms with Crippen LogP contribution in [0.25, 0.3) is 0 Å². The van der Waals surface area contributed by atoms with Gasteiger partial charge in [0.15, 0.2) is 0 Å². The Morgan fingerprint density at radius 2 is 2.00 bits per heavy atom. The number of nitrogens with one attached hydrogen (secondary N) is 2. The molecule has 98 valence electrons. The Labute approximate surface area is 114 Å². The minimum atomic E-state index is -0.504. The third-order valence-electron chi connectivity index (χ3n) is 2.33. The Morgan fingerprint density at radius 1 is 1.26 bits per heavy atom. The molecule has 2 aromatic rings. The summed E-state index contributed by atoms with van der Waals surface area (Å²) in [6.45, 7) is 0.353. The maximum Gasteiger partial charge on any atom is 0.319 e. The van der Waals surface area contributed by atoms with Gasteiger partial charge in [0.05, 0.1) is 18.1 Å². The minimum Gasteiger partial charge on any atom is -0.334 e. The third-order valence-corrected chi connectivity index (χ3v) is 2.58. The van der Waals surface area contributed by atoms with Crippen molar-refractivity contribution in [3.63, 3.8) is 0 Å². The van der Waals surface area contributed by atoms with E-state index in [1.165, 1.54) is 12.3 Å². The quantitative estimate of drug-likeness (QED) is 0.906. The van der Waals surface area contributed by atoms with Crippen LogP contribution in [0.4, 0.5) is 14.9 Å². The second kappa shape index (κ2) is 6.15. The molecule has 0 atom stereocenters.